The smallest absolute Gasteiger partial charge is 0.151 e. The molecule has 1 heterocycles. The van der Waals surface area contributed by atoms with Crippen molar-refractivity contribution in [2.75, 3.05) is 18.1 Å². The van der Waals surface area contributed by atoms with Gasteiger partial charge in [-0.3, -0.25) is 0 Å². The third kappa shape index (κ3) is 4.54. The second kappa shape index (κ2) is 6.38. The summed E-state index contributed by atoms with van der Waals surface area (Å²) in [6.07, 6.45) is 8.59. The Morgan fingerprint density at radius 3 is 2.72 bits per heavy atom. The first-order valence-corrected chi connectivity index (χ1v) is 9.31. The van der Waals surface area contributed by atoms with Crippen LogP contribution >= 0.6 is 0 Å². The lowest BCUT2D eigenvalue weighted by Crippen LogP contribution is -2.41. The standard InChI is InChI=1S/C14H27NO2S/c1-12-4-2-5-13(10-12)7-8-15-14-6-3-9-18(16,17)11-14/h12-15H,2-11H2,1H3. The molecule has 2 fully saturated rings. The summed E-state index contributed by atoms with van der Waals surface area (Å²) < 4.78 is 23.1. The summed E-state index contributed by atoms with van der Waals surface area (Å²) in [5, 5.41) is 3.46. The van der Waals surface area contributed by atoms with Crippen LogP contribution in [0.25, 0.3) is 0 Å². The van der Waals surface area contributed by atoms with Crippen LogP contribution in [-0.2, 0) is 9.84 Å². The van der Waals surface area contributed by atoms with Crippen molar-refractivity contribution in [2.24, 2.45) is 11.8 Å². The van der Waals surface area contributed by atoms with Crippen molar-refractivity contribution in [2.45, 2.75) is 57.9 Å². The largest absolute Gasteiger partial charge is 0.313 e. The van der Waals surface area contributed by atoms with E-state index in [-0.39, 0.29) is 6.04 Å². The first-order chi connectivity index (χ1) is 8.55. The second-order valence-electron chi connectivity index (χ2n) is 6.33. The number of nitrogens with one attached hydrogen (secondary N) is 1. The van der Waals surface area contributed by atoms with E-state index in [0.29, 0.717) is 11.5 Å². The van der Waals surface area contributed by atoms with Gasteiger partial charge in [0.1, 0.15) is 0 Å². The van der Waals surface area contributed by atoms with Crippen molar-refractivity contribution in [1.82, 2.24) is 5.32 Å². The van der Waals surface area contributed by atoms with Crippen LogP contribution in [0.5, 0.6) is 0 Å². The first-order valence-electron chi connectivity index (χ1n) is 7.49. The molecule has 3 unspecified atom stereocenters. The lowest BCUT2D eigenvalue weighted by molar-refractivity contribution is 0.264. The quantitative estimate of drug-likeness (QED) is 0.855. The minimum Gasteiger partial charge on any atom is -0.313 e. The molecule has 106 valence electrons. The van der Waals surface area contributed by atoms with Gasteiger partial charge in [0.15, 0.2) is 9.84 Å². The molecule has 4 heteroatoms. The molecule has 0 aromatic carbocycles. The van der Waals surface area contributed by atoms with E-state index in [1.54, 1.807) is 0 Å². The number of hydrogen-bond donors (Lipinski definition) is 1. The fourth-order valence-electron chi connectivity index (χ4n) is 3.50. The molecule has 1 N–H and O–H groups in total. The van der Waals surface area contributed by atoms with Gasteiger partial charge in [0.2, 0.25) is 0 Å². The van der Waals surface area contributed by atoms with E-state index in [4.69, 9.17) is 0 Å². The molecule has 3 nitrogen and oxygen atoms in total. The van der Waals surface area contributed by atoms with Gasteiger partial charge in [-0.25, -0.2) is 8.42 Å². The zero-order valence-electron chi connectivity index (χ0n) is 11.5. The second-order valence-corrected chi connectivity index (χ2v) is 8.56. The predicted octanol–water partition coefficient (Wildman–Crippen LogP) is 2.37. The Kier molecular flexibility index (Phi) is 5.07. The van der Waals surface area contributed by atoms with Crippen LogP contribution < -0.4 is 5.32 Å². The Morgan fingerprint density at radius 1 is 1.17 bits per heavy atom. The fourth-order valence-corrected chi connectivity index (χ4v) is 5.17. The van der Waals surface area contributed by atoms with Gasteiger partial charge in [0.05, 0.1) is 11.5 Å². The maximum atomic E-state index is 11.5. The monoisotopic (exact) mass is 273 g/mol. The molecule has 1 aliphatic carbocycles. The first kappa shape index (κ1) is 14.3. The predicted molar refractivity (Wildman–Crippen MR) is 75.4 cm³/mol. The molecule has 0 radical (unpaired) electrons. The lowest BCUT2D eigenvalue weighted by Gasteiger charge is -2.28. The van der Waals surface area contributed by atoms with Crippen molar-refractivity contribution in [1.29, 1.82) is 0 Å². The molecule has 0 bridgehead atoms. The van der Waals surface area contributed by atoms with Crippen LogP contribution in [0.4, 0.5) is 0 Å². The van der Waals surface area contributed by atoms with E-state index in [1.165, 1.54) is 32.1 Å². The zero-order chi connectivity index (χ0) is 13.0. The van der Waals surface area contributed by atoms with Crippen molar-refractivity contribution in [3.63, 3.8) is 0 Å². The highest BCUT2D eigenvalue weighted by atomic mass is 32.2. The Labute approximate surface area is 112 Å². The van der Waals surface area contributed by atoms with Crippen LogP contribution in [0.15, 0.2) is 0 Å². The van der Waals surface area contributed by atoms with Crippen LogP contribution in [-0.4, -0.2) is 32.5 Å². The van der Waals surface area contributed by atoms with Gasteiger partial charge in [-0.1, -0.05) is 26.2 Å². The van der Waals surface area contributed by atoms with Gasteiger partial charge in [-0.05, 0) is 44.1 Å². The van der Waals surface area contributed by atoms with Crippen molar-refractivity contribution < 1.29 is 8.42 Å². The van der Waals surface area contributed by atoms with E-state index < -0.39 is 9.84 Å². The summed E-state index contributed by atoms with van der Waals surface area (Å²) in [6, 6.07) is 0.213. The summed E-state index contributed by atoms with van der Waals surface area (Å²) in [7, 11) is -2.76. The van der Waals surface area contributed by atoms with Crippen molar-refractivity contribution in [3.8, 4) is 0 Å². The van der Waals surface area contributed by atoms with Crippen LogP contribution in [0.3, 0.4) is 0 Å². The summed E-state index contributed by atoms with van der Waals surface area (Å²) in [4.78, 5) is 0. The molecule has 1 saturated heterocycles. The Hall–Kier alpha value is -0.0900. The molecular weight excluding hydrogens is 246 g/mol. The molecule has 1 saturated carbocycles. The summed E-state index contributed by atoms with van der Waals surface area (Å²) >= 11 is 0. The van der Waals surface area contributed by atoms with Crippen LogP contribution in [0.1, 0.15) is 51.9 Å². The van der Waals surface area contributed by atoms with Gasteiger partial charge in [0, 0.05) is 6.04 Å². The number of hydrogen-bond acceptors (Lipinski definition) is 3. The molecular formula is C14H27NO2S. The zero-order valence-corrected chi connectivity index (χ0v) is 12.3. The minimum atomic E-state index is -2.76. The average Bonchev–Trinajstić information content (AvgIpc) is 2.28. The van der Waals surface area contributed by atoms with Gasteiger partial charge in [-0.2, -0.15) is 0 Å². The SMILES string of the molecule is CC1CCCC(CCNC2CCCS(=O)(=O)C2)C1. The third-order valence-electron chi connectivity index (χ3n) is 4.49. The Balaban J connectivity index is 1.66. The van der Waals surface area contributed by atoms with E-state index in [9.17, 15) is 8.42 Å². The number of sulfone groups is 1. The molecule has 2 rings (SSSR count). The van der Waals surface area contributed by atoms with E-state index in [0.717, 1.165) is 31.2 Å². The highest BCUT2D eigenvalue weighted by molar-refractivity contribution is 7.91. The van der Waals surface area contributed by atoms with Gasteiger partial charge in [-0.15, -0.1) is 0 Å². The highest BCUT2D eigenvalue weighted by Crippen LogP contribution is 2.30. The summed E-state index contributed by atoms with van der Waals surface area (Å²) in [5.41, 5.74) is 0. The van der Waals surface area contributed by atoms with Crippen molar-refractivity contribution >= 4 is 9.84 Å². The highest BCUT2D eigenvalue weighted by Gasteiger charge is 2.24. The maximum absolute atomic E-state index is 11.5. The summed E-state index contributed by atoms with van der Waals surface area (Å²) in [6.45, 7) is 3.35. The number of rotatable bonds is 4. The van der Waals surface area contributed by atoms with E-state index in [1.807, 2.05) is 0 Å². The van der Waals surface area contributed by atoms with Gasteiger partial charge in [0.25, 0.3) is 0 Å². The molecule has 0 aromatic heterocycles. The fraction of sp³-hybridized carbons (Fsp3) is 1.00. The lowest BCUT2D eigenvalue weighted by atomic mass is 9.81. The molecule has 0 amide bonds. The van der Waals surface area contributed by atoms with Gasteiger partial charge < -0.3 is 5.32 Å². The average molecular weight is 273 g/mol. The minimum absolute atomic E-state index is 0.213. The maximum Gasteiger partial charge on any atom is 0.151 e. The van der Waals surface area contributed by atoms with Gasteiger partial charge >= 0.3 is 0 Å². The third-order valence-corrected chi connectivity index (χ3v) is 6.31. The Morgan fingerprint density at radius 2 is 2.00 bits per heavy atom. The van der Waals surface area contributed by atoms with Crippen LogP contribution in [0.2, 0.25) is 0 Å². The molecule has 2 aliphatic rings. The molecule has 1 aliphatic heterocycles. The van der Waals surface area contributed by atoms with E-state index >= 15 is 0 Å². The molecule has 0 spiro atoms. The molecule has 18 heavy (non-hydrogen) atoms. The topological polar surface area (TPSA) is 46.2 Å². The van der Waals surface area contributed by atoms with Crippen molar-refractivity contribution in [3.05, 3.63) is 0 Å². The normalized spacial score (nSPS) is 36.4. The van der Waals surface area contributed by atoms with Crippen LogP contribution in [0, 0.1) is 11.8 Å². The van der Waals surface area contributed by atoms with E-state index in [2.05, 4.69) is 12.2 Å². The molecule has 0 aromatic rings. The summed E-state index contributed by atoms with van der Waals surface area (Å²) in [5.74, 6) is 2.50. The Bertz CT molecular complexity index is 353. The molecule has 3 atom stereocenters.